The second kappa shape index (κ2) is 6.24. The molecule has 0 bridgehead atoms. The Bertz CT molecular complexity index is 821. The van der Waals surface area contributed by atoms with Gasteiger partial charge in [-0.1, -0.05) is 36.4 Å². The Hall–Kier alpha value is -2.92. The molecule has 5 nitrogen and oxygen atoms in total. The SMILES string of the molecule is NC/C=C\C(=O)Nc1c[nH]c2ncc(-c3ccccc3)cc12. The summed E-state index contributed by atoms with van der Waals surface area (Å²) in [6.07, 6.45) is 6.58. The van der Waals surface area contributed by atoms with Crippen LogP contribution < -0.4 is 11.1 Å². The van der Waals surface area contributed by atoms with Gasteiger partial charge in [0.2, 0.25) is 5.91 Å². The normalized spacial score (nSPS) is 11.1. The molecule has 110 valence electrons. The monoisotopic (exact) mass is 292 g/mol. The van der Waals surface area contributed by atoms with Crippen LogP contribution in [0, 0.1) is 0 Å². The van der Waals surface area contributed by atoms with Gasteiger partial charge in [-0.15, -0.1) is 0 Å². The van der Waals surface area contributed by atoms with Crippen LogP contribution in [0.3, 0.4) is 0 Å². The topological polar surface area (TPSA) is 83.8 Å². The average molecular weight is 292 g/mol. The molecular formula is C17H16N4O. The summed E-state index contributed by atoms with van der Waals surface area (Å²) in [6, 6.07) is 12.0. The van der Waals surface area contributed by atoms with Gasteiger partial charge in [0.25, 0.3) is 0 Å². The van der Waals surface area contributed by atoms with E-state index in [-0.39, 0.29) is 5.91 Å². The third-order valence-corrected chi connectivity index (χ3v) is 3.30. The fourth-order valence-electron chi connectivity index (χ4n) is 2.24. The molecule has 0 aliphatic rings. The number of hydrogen-bond acceptors (Lipinski definition) is 3. The number of anilines is 1. The fourth-order valence-corrected chi connectivity index (χ4v) is 2.24. The van der Waals surface area contributed by atoms with E-state index in [1.165, 1.54) is 6.08 Å². The lowest BCUT2D eigenvalue weighted by Gasteiger charge is -2.03. The lowest BCUT2D eigenvalue weighted by molar-refractivity contribution is -0.111. The summed E-state index contributed by atoms with van der Waals surface area (Å²) < 4.78 is 0. The molecular weight excluding hydrogens is 276 g/mol. The summed E-state index contributed by atoms with van der Waals surface area (Å²) >= 11 is 0. The largest absolute Gasteiger partial charge is 0.344 e. The molecule has 3 rings (SSSR count). The van der Waals surface area contributed by atoms with Crippen LogP contribution in [0.1, 0.15) is 0 Å². The highest BCUT2D eigenvalue weighted by atomic mass is 16.1. The van der Waals surface area contributed by atoms with Crippen LogP contribution in [0.2, 0.25) is 0 Å². The highest BCUT2D eigenvalue weighted by Crippen LogP contribution is 2.27. The van der Waals surface area contributed by atoms with Crippen molar-refractivity contribution in [2.75, 3.05) is 11.9 Å². The van der Waals surface area contributed by atoms with Gasteiger partial charge in [0, 0.05) is 36.0 Å². The summed E-state index contributed by atoms with van der Waals surface area (Å²) in [5.74, 6) is -0.212. The second-order valence-corrected chi connectivity index (χ2v) is 4.82. The molecule has 0 radical (unpaired) electrons. The van der Waals surface area contributed by atoms with Gasteiger partial charge >= 0.3 is 0 Å². The molecule has 1 amide bonds. The van der Waals surface area contributed by atoms with Gasteiger partial charge in [-0.2, -0.15) is 0 Å². The first kappa shape index (κ1) is 14.0. The number of hydrogen-bond donors (Lipinski definition) is 3. The first-order chi connectivity index (χ1) is 10.8. The summed E-state index contributed by atoms with van der Waals surface area (Å²) in [4.78, 5) is 19.2. The van der Waals surface area contributed by atoms with Crippen LogP contribution >= 0.6 is 0 Å². The minimum Gasteiger partial charge on any atom is -0.344 e. The molecule has 0 atom stereocenters. The summed E-state index contributed by atoms with van der Waals surface area (Å²) in [5, 5.41) is 3.70. The van der Waals surface area contributed by atoms with Crippen LogP contribution in [-0.4, -0.2) is 22.4 Å². The number of aromatic amines is 1. The van der Waals surface area contributed by atoms with Gasteiger partial charge in [0.05, 0.1) is 5.69 Å². The number of aromatic nitrogens is 2. The molecule has 0 saturated carbocycles. The number of H-pyrrole nitrogens is 1. The Balaban J connectivity index is 1.95. The summed E-state index contributed by atoms with van der Waals surface area (Å²) in [6.45, 7) is 0.334. The quantitative estimate of drug-likeness (QED) is 0.646. The third kappa shape index (κ3) is 2.89. The van der Waals surface area contributed by atoms with Crippen LogP contribution in [0.25, 0.3) is 22.2 Å². The van der Waals surface area contributed by atoms with Gasteiger partial charge < -0.3 is 16.0 Å². The van der Waals surface area contributed by atoms with Gasteiger partial charge in [-0.3, -0.25) is 4.79 Å². The number of benzene rings is 1. The van der Waals surface area contributed by atoms with Crippen molar-refractivity contribution >= 4 is 22.6 Å². The zero-order chi connectivity index (χ0) is 15.4. The predicted molar refractivity (Wildman–Crippen MR) is 88.4 cm³/mol. The molecule has 3 aromatic rings. The molecule has 4 N–H and O–H groups in total. The molecule has 2 aromatic heterocycles. The number of carbonyl (C=O) groups is 1. The first-order valence-corrected chi connectivity index (χ1v) is 6.98. The number of pyridine rings is 1. The van der Waals surface area contributed by atoms with E-state index in [2.05, 4.69) is 15.3 Å². The molecule has 0 saturated heterocycles. The number of fused-ring (bicyclic) bond motifs is 1. The van der Waals surface area contributed by atoms with E-state index in [0.29, 0.717) is 12.2 Å². The van der Waals surface area contributed by atoms with Crippen LogP contribution in [0.4, 0.5) is 5.69 Å². The Morgan fingerprint density at radius 2 is 2.09 bits per heavy atom. The maximum Gasteiger partial charge on any atom is 0.248 e. The van der Waals surface area contributed by atoms with E-state index in [1.54, 1.807) is 12.3 Å². The van der Waals surface area contributed by atoms with Crippen molar-refractivity contribution < 1.29 is 4.79 Å². The molecule has 0 aliphatic heterocycles. The fraction of sp³-hybridized carbons (Fsp3) is 0.0588. The van der Waals surface area contributed by atoms with Crippen LogP contribution in [-0.2, 0) is 4.79 Å². The lowest BCUT2D eigenvalue weighted by atomic mass is 10.1. The van der Waals surface area contributed by atoms with Crippen molar-refractivity contribution in [3.05, 3.63) is 60.9 Å². The maximum absolute atomic E-state index is 11.8. The average Bonchev–Trinajstić information content (AvgIpc) is 2.96. The molecule has 5 heteroatoms. The number of carbonyl (C=O) groups excluding carboxylic acids is 1. The molecule has 0 fully saturated rings. The van der Waals surface area contributed by atoms with Crippen molar-refractivity contribution in [3.8, 4) is 11.1 Å². The minimum atomic E-state index is -0.212. The Morgan fingerprint density at radius 3 is 2.86 bits per heavy atom. The number of nitrogens with one attached hydrogen (secondary N) is 2. The minimum absolute atomic E-state index is 0.212. The Kier molecular flexibility index (Phi) is 3.98. The van der Waals surface area contributed by atoms with E-state index in [9.17, 15) is 4.79 Å². The highest BCUT2D eigenvalue weighted by molar-refractivity contribution is 6.05. The van der Waals surface area contributed by atoms with E-state index >= 15 is 0 Å². The van der Waals surface area contributed by atoms with Gasteiger partial charge in [0.15, 0.2) is 0 Å². The van der Waals surface area contributed by atoms with Crippen molar-refractivity contribution in [1.29, 1.82) is 0 Å². The van der Waals surface area contributed by atoms with Gasteiger partial charge in [0.1, 0.15) is 5.65 Å². The van der Waals surface area contributed by atoms with Gasteiger partial charge in [-0.25, -0.2) is 4.98 Å². The number of nitrogens with zero attached hydrogens (tertiary/aromatic N) is 1. The Morgan fingerprint density at radius 1 is 1.27 bits per heavy atom. The smallest absolute Gasteiger partial charge is 0.248 e. The molecule has 0 spiro atoms. The van der Waals surface area contributed by atoms with E-state index in [1.807, 2.05) is 42.6 Å². The molecule has 2 heterocycles. The van der Waals surface area contributed by atoms with Crippen molar-refractivity contribution in [2.45, 2.75) is 0 Å². The second-order valence-electron chi connectivity index (χ2n) is 4.82. The molecule has 22 heavy (non-hydrogen) atoms. The lowest BCUT2D eigenvalue weighted by Crippen LogP contribution is -2.08. The standard InChI is InChI=1S/C17H16N4O/c18-8-4-7-16(22)21-15-11-20-17-14(15)9-13(10-19-17)12-5-2-1-3-6-12/h1-7,9-11H,8,18H2,(H,19,20)(H,21,22)/b7-4-. The van der Waals surface area contributed by atoms with Gasteiger partial charge in [-0.05, 0) is 11.6 Å². The number of rotatable bonds is 4. The zero-order valence-corrected chi connectivity index (χ0v) is 11.9. The summed E-state index contributed by atoms with van der Waals surface area (Å²) in [5.41, 5.74) is 8.86. The zero-order valence-electron chi connectivity index (χ0n) is 11.9. The van der Waals surface area contributed by atoms with Crippen molar-refractivity contribution in [2.24, 2.45) is 5.73 Å². The van der Waals surface area contributed by atoms with Crippen LogP contribution in [0.15, 0.2) is 60.9 Å². The van der Waals surface area contributed by atoms with Crippen molar-refractivity contribution in [3.63, 3.8) is 0 Å². The van der Waals surface area contributed by atoms with Crippen molar-refractivity contribution in [1.82, 2.24) is 9.97 Å². The predicted octanol–water partition coefficient (Wildman–Crippen LogP) is 2.68. The Labute approximate surface area is 127 Å². The highest BCUT2D eigenvalue weighted by Gasteiger charge is 2.08. The summed E-state index contributed by atoms with van der Waals surface area (Å²) in [7, 11) is 0. The van der Waals surface area contributed by atoms with E-state index in [0.717, 1.165) is 22.2 Å². The third-order valence-electron chi connectivity index (χ3n) is 3.30. The molecule has 0 aliphatic carbocycles. The van der Waals surface area contributed by atoms with E-state index < -0.39 is 0 Å². The van der Waals surface area contributed by atoms with Crippen LogP contribution in [0.5, 0.6) is 0 Å². The first-order valence-electron chi connectivity index (χ1n) is 6.98. The maximum atomic E-state index is 11.8. The number of amides is 1. The van der Waals surface area contributed by atoms with E-state index in [4.69, 9.17) is 5.73 Å². The molecule has 0 unspecified atom stereocenters. The number of nitrogens with two attached hydrogens (primary N) is 1. The molecule has 1 aromatic carbocycles.